The molecule has 1 rings (SSSR count). The van der Waals surface area contributed by atoms with Crippen molar-refractivity contribution >= 4 is 0 Å². The summed E-state index contributed by atoms with van der Waals surface area (Å²) in [5.74, 6) is -16.0. The van der Waals surface area contributed by atoms with Crippen LogP contribution in [0.1, 0.15) is 5.82 Å². The van der Waals surface area contributed by atoms with E-state index in [0.29, 0.717) is 0 Å². The van der Waals surface area contributed by atoms with E-state index in [-0.39, 0.29) is 0 Å². The van der Waals surface area contributed by atoms with Gasteiger partial charge >= 0.3 is 23.8 Å². The van der Waals surface area contributed by atoms with Crippen molar-refractivity contribution in [3.8, 4) is 0 Å². The van der Waals surface area contributed by atoms with Gasteiger partial charge in [-0.2, -0.15) is 30.7 Å². The van der Waals surface area contributed by atoms with E-state index < -0.39 is 29.6 Å². The Morgan fingerprint density at radius 2 is 1.56 bits per heavy atom. The molecule has 0 aromatic carbocycles. The monoisotopic (exact) mass is 254 g/mol. The van der Waals surface area contributed by atoms with Crippen LogP contribution in [0.4, 0.5) is 30.7 Å². The number of H-pyrrole nitrogens is 1. The predicted octanol–water partition coefficient (Wildman–Crippen LogP) is 1.65. The normalized spacial score (nSPS) is 14.2. The van der Waals surface area contributed by atoms with Gasteiger partial charge in [-0.3, -0.25) is 9.51 Å². The van der Waals surface area contributed by atoms with E-state index in [2.05, 4.69) is 9.68 Å². The predicted molar refractivity (Wildman–Crippen MR) is 32.0 cm³/mol. The number of nitrogens with one attached hydrogen (secondary N) is 1. The first-order valence-electron chi connectivity index (χ1n) is 3.39. The Hall–Kier alpha value is -1.55. The van der Waals surface area contributed by atoms with Gasteiger partial charge < -0.3 is 0 Å². The second-order valence-corrected chi connectivity index (χ2v) is 2.59. The molecule has 0 saturated heterocycles. The molecule has 1 aromatic rings. The highest BCUT2D eigenvalue weighted by Crippen LogP contribution is 2.50. The topological polar surface area (TPSA) is 58.9 Å². The fourth-order valence-corrected chi connectivity index (χ4v) is 0.692. The maximum Gasteiger partial charge on any atom is 0.460 e. The van der Waals surface area contributed by atoms with Gasteiger partial charge in [0.2, 0.25) is 5.82 Å². The molecule has 0 aliphatic rings. The molecule has 0 atom stereocenters. The number of aromatic nitrogens is 2. The molecular weight excluding hydrogens is 253 g/mol. The van der Waals surface area contributed by atoms with Crippen molar-refractivity contribution in [3.05, 3.63) is 16.4 Å². The second kappa shape index (κ2) is 3.22. The molecule has 0 bridgehead atoms. The lowest BCUT2D eigenvalue weighted by Crippen LogP contribution is -2.50. The highest BCUT2D eigenvalue weighted by molar-refractivity contribution is 5.03. The average molecular weight is 254 g/mol. The SMILES string of the molecule is O=c1[nH]c(C(F)(F)C(F)(F)C(F)(F)F)no1. The Balaban J connectivity index is 3.26. The van der Waals surface area contributed by atoms with Crippen molar-refractivity contribution in [1.82, 2.24) is 10.1 Å². The van der Waals surface area contributed by atoms with Crippen LogP contribution in [0.3, 0.4) is 0 Å². The minimum Gasteiger partial charge on any atom is -0.296 e. The molecule has 0 aliphatic carbocycles. The van der Waals surface area contributed by atoms with E-state index in [1.807, 2.05) is 0 Å². The van der Waals surface area contributed by atoms with Crippen LogP contribution < -0.4 is 5.76 Å². The second-order valence-electron chi connectivity index (χ2n) is 2.59. The molecule has 0 saturated carbocycles. The van der Waals surface area contributed by atoms with Crippen molar-refractivity contribution in [2.24, 2.45) is 0 Å². The minimum absolute atomic E-state index is 0.931. The lowest BCUT2D eigenvalue weighted by Gasteiger charge is -2.25. The average Bonchev–Trinajstić information content (AvgIpc) is 2.49. The van der Waals surface area contributed by atoms with Gasteiger partial charge in [0.05, 0.1) is 0 Å². The number of aromatic amines is 1. The van der Waals surface area contributed by atoms with E-state index in [1.54, 1.807) is 0 Å². The molecular formula is C5HF7N2O2. The standard InChI is InChI=1S/C5HF7N2O2/c6-3(7,1-13-2(15)16-14-1)4(8,9)5(10,11)12/h(H,13,14,15). The van der Waals surface area contributed by atoms with E-state index in [4.69, 9.17) is 0 Å². The van der Waals surface area contributed by atoms with Gasteiger partial charge in [0.1, 0.15) is 0 Å². The van der Waals surface area contributed by atoms with Crippen LogP contribution in [-0.4, -0.2) is 22.2 Å². The Morgan fingerprint density at radius 3 is 1.88 bits per heavy atom. The largest absolute Gasteiger partial charge is 0.460 e. The number of halogens is 7. The zero-order valence-electron chi connectivity index (χ0n) is 6.91. The van der Waals surface area contributed by atoms with Gasteiger partial charge in [0.25, 0.3) is 0 Å². The molecule has 0 aliphatic heterocycles. The zero-order valence-corrected chi connectivity index (χ0v) is 6.91. The third kappa shape index (κ3) is 1.65. The van der Waals surface area contributed by atoms with Crippen LogP contribution in [0.2, 0.25) is 0 Å². The lowest BCUT2D eigenvalue weighted by molar-refractivity contribution is -0.361. The van der Waals surface area contributed by atoms with Crippen LogP contribution in [0.25, 0.3) is 0 Å². The summed E-state index contributed by atoms with van der Waals surface area (Å²) < 4.78 is 88.4. The molecule has 0 amide bonds. The summed E-state index contributed by atoms with van der Waals surface area (Å²) >= 11 is 0. The molecule has 0 radical (unpaired) electrons. The smallest absolute Gasteiger partial charge is 0.296 e. The van der Waals surface area contributed by atoms with Crippen molar-refractivity contribution in [1.29, 1.82) is 0 Å². The Bertz CT molecular complexity index is 430. The molecule has 1 heterocycles. The summed E-state index contributed by atoms with van der Waals surface area (Å²) in [4.78, 5) is 11.1. The fourth-order valence-electron chi connectivity index (χ4n) is 0.692. The molecule has 1 N–H and O–H groups in total. The highest BCUT2D eigenvalue weighted by Gasteiger charge is 2.75. The van der Waals surface area contributed by atoms with Gasteiger partial charge in [0, 0.05) is 0 Å². The number of rotatable bonds is 2. The van der Waals surface area contributed by atoms with Gasteiger partial charge in [-0.25, -0.2) is 4.79 Å². The van der Waals surface area contributed by atoms with Gasteiger partial charge in [-0.15, -0.1) is 0 Å². The highest BCUT2D eigenvalue weighted by atomic mass is 19.4. The van der Waals surface area contributed by atoms with Crippen LogP contribution in [0.15, 0.2) is 9.32 Å². The molecule has 16 heavy (non-hydrogen) atoms. The summed E-state index contributed by atoms with van der Waals surface area (Å²) in [7, 11) is 0. The quantitative estimate of drug-likeness (QED) is 0.816. The zero-order chi connectivity index (χ0) is 12.8. The fraction of sp³-hybridized carbons (Fsp3) is 0.600. The summed E-state index contributed by atoms with van der Waals surface area (Å²) in [5.41, 5.74) is 0. The molecule has 1 aromatic heterocycles. The summed E-state index contributed by atoms with van der Waals surface area (Å²) in [6.45, 7) is 0. The molecule has 0 spiro atoms. The van der Waals surface area contributed by atoms with Crippen LogP contribution in [0.5, 0.6) is 0 Å². The number of hydrogen-bond acceptors (Lipinski definition) is 3. The molecule has 92 valence electrons. The van der Waals surface area contributed by atoms with E-state index in [9.17, 15) is 35.5 Å². The van der Waals surface area contributed by atoms with Crippen LogP contribution in [0, 0.1) is 0 Å². The van der Waals surface area contributed by atoms with E-state index >= 15 is 0 Å². The van der Waals surface area contributed by atoms with E-state index in [1.165, 1.54) is 0 Å². The first kappa shape index (κ1) is 12.5. The third-order valence-corrected chi connectivity index (χ3v) is 1.49. The van der Waals surface area contributed by atoms with Gasteiger partial charge in [0.15, 0.2) is 0 Å². The van der Waals surface area contributed by atoms with E-state index in [0.717, 1.165) is 4.98 Å². The summed E-state index contributed by atoms with van der Waals surface area (Å²) in [5, 5.41) is 2.09. The van der Waals surface area contributed by atoms with Crippen molar-refractivity contribution in [2.75, 3.05) is 0 Å². The van der Waals surface area contributed by atoms with Crippen molar-refractivity contribution in [3.63, 3.8) is 0 Å². The maximum atomic E-state index is 12.7. The first-order chi connectivity index (χ1) is 7.00. The lowest BCUT2D eigenvalue weighted by atomic mass is 10.1. The van der Waals surface area contributed by atoms with Crippen molar-refractivity contribution < 1.29 is 35.3 Å². The Labute approximate surface area is 81.0 Å². The number of nitrogens with zero attached hydrogens (tertiary/aromatic N) is 1. The Kier molecular flexibility index (Phi) is 2.52. The minimum atomic E-state index is -6.49. The third-order valence-electron chi connectivity index (χ3n) is 1.49. The number of alkyl halides is 7. The Morgan fingerprint density at radius 1 is 1.06 bits per heavy atom. The van der Waals surface area contributed by atoms with Gasteiger partial charge in [-0.05, 0) is 0 Å². The van der Waals surface area contributed by atoms with Gasteiger partial charge in [-0.1, -0.05) is 5.16 Å². The summed E-state index contributed by atoms with van der Waals surface area (Å²) in [6.07, 6.45) is -6.49. The molecule has 11 heteroatoms. The van der Waals surface area contributed by atoms with Crippen molar-refractivity contribution in [2.45, 2.75) is 18.0 Å². The summed E-state index contributed by atoms with van der Waals surface area (Å²) in [6, 6.07) is 0. The first-order valence-corrected chi connectivity index (χ1v) is 3.39. The maximum absolute atomic E-state index is 12.7. The van der Waals surface area contributed by atoms with Crippen LogP contribution >= 0.6 is 0 Å². The molecule has 4 nitrogen and oxygen atoms in total. The van der Waals surface area contributed by atoms with Crippen LogP contribution in [-0.2, 0) is 5.92 Å². The molecule has 0 unspecified atom stereocenters. The number of hydrogen-bond donors (Lipinski definition) is 1. The molecule has 0 fully saturated rings.